The van der Waals surface area contributed by atoms with Crippen LogP contribution in [0.5, 0.6) is 0 Å². The van der Waals surface area contributed by atoms with E-state index in [1.54, 1.807) is 0 Å². The van der Waals surface area contributed by atoms with Gasteiger partial charge in [0.15, 0.2) is 0 Å². The van der Waals surface area contributed by atoms with Crippen LogP contribution in [-0.2, 0) is 0 Å². The first-order valence-corrected chi connectivity index (χ1v) is 9.25. The second-order valence-corrected chi connectivity index (χ2v) is 6.92. The number of aromatic nitrogens is 2. The smallest absolute Gasteiger partial charge is 0.253 e. The van der Waals surface area contributed by atoms with E-state index in [9.17, 15) is 4.79 Å². The molecule has 1 amide bonds. The number of benzene rings is 1. The number of piperazine rings is 1. The van der Waals surface area contributed by atoms with Crippen LogP contribution in [0.2, 0.25) is 0 Å². The number of anilines is 2. The van der Waals surface area contributed by atoms with Crippen LogP contribution in [0, 0.1) is 6.92 Å². The average Bonchev–Trinajstić information content (AvgIpc) is 2.62. The van der Waals surface area contributed by atoms with Gasteiger partial charge in [0.05, 0.1) is 0 Å². The minimum Gasteiger partial charge on any atom is -0.354 e. The summed E-state index contributed by atoms with van der Waals surface area (Å²) in [7, 11) is 0. The Hall–Kier alpha value is -2.15. The van der Waals surface area contributed by atoms with Gasteiger partial charge in [-0.1, -0.05) is 15.9 Å². The second kappa shape index (κ2) is 7.82. The number of nitrogens with zero attached hydrogens (tertiary/aromatic N) is 4. The Kier molecular flexibility index (Phi) is 5.53. The number of amides is 1. The van der Waals surface area contributed by atoms with Crippen LogP contribution in [0.15, 0.2) is 34.8 Å². The summed E-state index contributed by atoms with van der Waals surface area (Å²) in [5.74, 6) is 1.66. The van der Waals surface area contributed by atoms with Gasteiger partial charge in [-0.05, 0) is 38.1 Å². The maximum Gasteiger partial charge on any atom is 0.253 e. The molecule has 0 unspecified atom stereocenters. The number of halogens is 1. The van der Waals surface area contributed by atoms with Crippen molar-refractivity contribution in [3.63, 3.8) is 0 Å². The first-order valence-electron chi connectivity index (χ1n) is 8.46. The van der Waals surface area contributed by atoms with Gasteiger partial charge in [-0.3, -0.25) is 4.79 Å². The molecule has 0 bridgehead atoms. The molecule has 25 heavy (non-hydrogen) atoms. The van der Waals surface area contributed by atoms with Crippen LogP contribution in [0.1, 0.15) is 23.0 Å². The van der Waals surface area contributed by atoms with E-state index in [1.807, 2.05) is 49.1 Å². The lowest BCUT2D eigenvalue weighted by atomic mass is 10.2. The quantitative estimate of drug-likeness (QED) is 0.849. The monoisotopic (exact) mass is 403 g/mol. The molecule has 1 aromatic carbocycles. The van der Waals surface area contributed by atoms with Gasteiger partial charge in [-0.25, -0.2) is 4.98 Å². The third kappa shape index (κ3) is 4.28. The average molecular weight is 404 g/mol. The van der Waals surface area contributed by atoms with Gasteiger partial charge in [0.2, 0.25) is 5.95 Å². The highest BCUT2D eigenvalue weighted by Crippen LogP contribution is 2.18. The Morgan fingerprint density at radius 2 is 1.84 bits per heavy atom. The van der Waals surface area contributed by atoms with E-state index in [1.165, 1.54) is 0 Å². The molecular weight excluding hydrogens is 382 g/mol. The fraction of sp³-hybridized carbons (Fsp3) is 0.389. The summed E-state index contributed by atoms with van der Waals surface area (Å²) in [6.07, 6.45) is 0. The van der Waals surface area contributed by atoms with E-state index in [0.717, 1.165) is 41.2 Å². The predicted octanol–water partition coefficient (Wildman–Crippen LogP) is 2.94. The number of rotatable bonds is 4. The van der Waals surface area contributed by atoms with Crippen molar-refractivity contribution in [1.29, 1.82) is 0 Å². The number of carbonyl (C=O) groups is 1. The van der Waals surface area contributed by atoms with E-state index in [2.05, 4.69) is 36.1 Å². The molecule has 0 aliphatic carbocycles. The van der Waals surface area contributed by atoms with Crippen molar-refractivity contribution in [3.8, 4) is 0 Å². The molecule has 1 aromatic heterocycles. The normalized spacial score (nSPS) is 14.5. The zero-order valence-corrected chi connectivity index (χ0v) is 16.1. The topological polar surface area (TPSA) is 61.4 Å². The standard InChI is InChI=1S/C18H22BrN5O/c1-3-20-18-21-13(2)12-16(22-18)23-8-10-24(11-9-23)17(25)14-4-6-15(19)7-5-14/h4-7,12H,3,8-11H2,1-2H3,(H,20,21,22). The molecule has 0 atom stereocenters. The Bertz CT molecular complexity index is 742. The summed E-state index contributed by atoms with van der Waals surface area (Å²) >= 11 is 3.40. The van der Waals surface area contributed by atoms with Crippen LogP contribution in [-0.4, -0.2) is 53.5 Å². The molecule has 1 aliphatic heterocycles. The van der Waals surface area contributed by atoms with Crippen LogP contribution in [0.4, 0.5) is 11.8 Å². The zero-order valence-electron chi connectivity index (χ0n) is 14.5. The maximum absolute atomic E-state index is 12.6. The molecule has 3 rings (SSSR count). The number of carbonyl (C=O) groups excluding carboxylic acids is 1. The number of hydrogen-bond acceptors (Lipinski definition) is 5. The molecule has 1 saturated heterocycles. The molecule has 0 radical (unpaired) electrons. The highest BCUT2D eigenvalue weighted by molar-refractivity contribution is 9.10. The van der Waals surface area contributed by atoms with Crippen LogP contribution >= 0.6 is 15.9 Å². The molecule has 6 nitrogen and oxygen atoms in total. The Morgan fingerprint density at radius 3 is 2.48 bits per heavy atom. The molecular formula is C18H22BrN5O. The largest absolute Gasteiger partial charge is 0.354 e. The lowest BCUT2D eigenvalue weighted by molar-refractivity contribution is 0.0746. The van der Waals surface area contributed by atoms with Gasteiger partial charge in [0.25, 0.3) is 5.91 Å². The number of nitrogens with one attached hydrogen (secondary N) is 1. The fourth-order valence-electron chi connectivity index (χ4n) is 2.86. The highest BCUT2D eigenvalue weighted by atomic mass is 79.9. The first-order chi connectivity index (χ1) is 12.1. The number of hydrogen-bond donors (Lipinski definition) is 1. The maximum atomic E-state index is 12.6. The van der Waals surface area contributed by atoms with Crippen molar-refractivity contribution in [1.82, 2.24) is 14.9 Å². The van der Waals surface area contributed by atoms with Crippen LogP contribution in [0.25, 0.3) is 0 Å². The Morgan fingerprint density at radius 1 is 1.16 bits per heavy atom. The van der Waals surface area contributed by atoms with Crippen molar-refractivity contribution in [2.24, 2.45) is 0 Å². The van der Waals surface area contributed by atoms with Crippen molar-refractivity contribution in [2.45, 2.75) is 13.8 Å². The van der Waals surface area contributed by atoms with E-state index < -0.39 is 0 Å². The van der Waals surface area contributed by atoms with Gasteiger partial charge in [-0.2, -0.15) is 4.98 Å². The molecule has 1 fully saturated rings. The molecule has 0 saturated carbocycles. The highest BCUT2D eigenvalue weighted by Gasteiger charge is 2.23. The van der Waals surface area contributed by atoms with E-state index in [4.69, 9.17) is 0 Å². The Balaban J connectivity index is 1.65. The second-order valence-electron chi connectivity index (χ2n) is 6.01. The fourth-order valence-corrected chi connectivity index (χ4v) is 3.13. The lowest BCUT2D eigenvalue weighted by Gasteiger charge is -2.35. The van der Waals surface area contributed by atoms with Crippen LogP contribution in [0.3, 0.4) is 0 Å². The SMILES string of the molecule is CCNc1nc(C)cc(N2CCN(C(=O)c3ccc(Br)cc3)CC2)n1. The van der Waals surface area contributed by atoms with Crippen molar-refractivity contribution >= 4 is 33.6 Å². The molecule has 1 aliphatic rings. The van der Waals surface area contributed by atoms with Gasteiger partial charge >= 0.3 is 0 Å². The minimum atomic E-state index is 0.0827. The minimum absolute atomic E-state index is 0.0827. The number of aryl methyl sites for hydroxylation is 1. The van der Waals surface area contributed by atoms with Crippen molar-refractivity contribution < 1.29 is 4.79 Å². The summed E-state index contributed by atoms with van der Waals surface area (Å²) < 4.78 is 0.976. The van der Waals surface area contributed by atoms with Gasteiger partial charge in [0, 0.05) is 54.5 Å². The summed E-state index contributed by atoms with van der Waals surface area (Å²) in [5, 5.41) is 3.16. The summed E-state index contributed by atoms with van der Waals surface area (Å²) in [6.45, 7) is 7.70. The zero-order chi connectivity index (χ0) is 17.8. The summed E-state index contributed by atoms with van der Waals surface area (Å²) in [6, 6.07) is 9.50. The van der Waals surface area contributed by atoms with Gasteiger partial charge in [0.1, 0.15) is 5.82 Å². The Labute approximate surface area is 156 Å². The van der Waals surface area contributed by atoms with Gasteiger partial charge in [-0.15, -0.1) is 0 Å². The van der Waals surface area contributed by atoms with Crippen molar-refractivity contribution in [2.75, 3.05) is 42.9 Å². The lowest BCUT2D eigenvalue weighted by Crippen LogP contribution is -2.49. The molecule has 0 spiro atoms. The van der Waals surface area contributed by atoms with E-state index in [-0.39, 0.29) is 5.91 Å². The molecule has 1 N–H and O–H groups in total. The van der Waals surface area contributed by atoms with E-state index >= 15 is 0 Å². The van der Waals surface area contributed by atoms with Gasteiger partial charge < -0.3 is 15.1 Å². The molecule has 7 heteroatoms. The summed E-state index contributed by atoms with van der Waals surface area (Å²) in [4.78, 5) is 25.7. The predicted molar refractivity (Wildman–Crippen MR) is 103 cm³/mol. The van der Waals surface area contributed by atoms with E-state index in [0.29, 0.717) is 19.0 Å². The molecule has 2 aromatic rings. The van der Waals surface area contributed by atoms with Crippen LogP contribution < -0.4 is 10.2 Å². The molecule has 2 heterocycles. The molecule has 132 valence electrons. The third-order valence-electron chi connectivity index (χ3n) is 4.16. The third-order valence-corrected chi connectivity index (χ3v) is 4.69. The summed E-state index contributed by atoms with van der Waals surface area (Å²) in [5.41, 5.74) is 1.67. The first kappa shape index (κ1) is 17.7. The van der Waals surface area contributed by atoms with Crippen molar-refractivity contribution in [3.05, 3.63) is 46.1 Å².